The van der Waals surface area contributed by atoms with Crippen LogP contribution in [0.2, 0.25) is 0 Å². The third kappa shape index (κ3) is 4.01. The normalized spacial score (nSPS) is 10.9. The number of anilines is 1. The van der Waals surface area contributed by atoms with Crippen LogP contribution in [0.15, 0.2) is 63.9 Å². The highest BCUT2D eigenvalue weighted by atomic mass is 79.9. The van der Waals surface area contributed by atoms with Gasteiger partial charge in [-0.1, -0.05) is 60.1 Å². The summed E-state index contributed by atoms with van der Waals surface area (Å²) in [6, 6.07) is 16.9. The number of rotatable bonds is 4. The van der Waals surface area contributed by atoms with E-state index in [1.54, 1.807) is 25.5 Å². The molecule has 0 fully saturated rings. The molecule has 0 aliphatic heterocycles. The maximum absolute atomic E-state index is 12.9. The molecule has 0 aliphatic rings. The molecule has 0 radical (unpaired) electrons. The summed E-state index contributed by atoms with van der Waals surface area (Å²) in [5.41, 5.74) is 2.07. The van der Waals surface area contributed by atoms with Gasteiger partial charge in [0.05, 0.1) is 11.3 Å². The SMILES string of the molecule is Cc1nn(-c2ccc(Br)cc2)c(NC(=O)C(C)C)c(-c2ccccc2)c1=O. The molecule has 3 rings (SSSR count). The highest BCUT2D eigenvalue weighted by Crippen LogP contribution is 2.27. The van der Waals surface area contributed by atoms with Crippen LogP contribution in [0, 0.1) is 12.8 Å². The van der Waals surface area contributed by atoms with Crippen LogP contribution in [0.4, 0.5) is 5.82 Å². The minimum atomic E-state index is -0.233. The Hall–Kier alpha value is -2.73. The lowest BCUT2D eigenvalue weighted by Gasteiger charge is -2.19. The van der Waals surface area contributed by atoms with Crippen molar-refractivity contribution in [2.45, 2.75) is 20.8 Å². The van der Waals surface area contributed by atoms with E-state index < -0.39 is 0 Å². The summed E-state index contributed by atoms with van der Waals surface area (Å²) in [5.74, 6) is -0.0377. The van der Waals surface area contributed by atoms with Gasteiger partial charge in [0.25, 0.3) is 0 Å². The van der Waals surface area contributed by atoms with Gasteiger partial charge < -0.3 is 5.32 Å². The molecule has 27 heavy (non-hydrogen) atoms. The molecule has 0 atom stereocenters. The maximum Gasteiger partial charge on any atom is 0.228 e. The Morgan fingerprint density at radius 2 is 1.70 bits per heavy atom. The third-order valence-electron chi connectivity index (χ3n) is 4.15. The van der Waals surface area contributed by atoms with Gasteiger partial charge in [-0.3, -0.25) is 9.59 Å². The van der Waals surface area contributed by atoms with Crippen LogP contribution in [-0.4, -0.2) is 15.7 Å². The smallest absolute Gasteiger partial charge is 0.228 e. The first kappa shape index (κ1) is 19.0. The summed E-state index contributed by atoms with van der Waals surface area (Å²) in [6.07, 6.45) is 0. The highest BCUT2D eigenvalue weighted by Gasteiger charge is 2.21. The van der Waals surface area contributed by atoms with Crippen LogP contribution in [0.5, 0.6) is 0 Å². The Kier molecular flexibility index (Phi) is 5.56. The number of halogens is 1. The van der Waals surface area contributed by atoms with Crippen LogP contribution in [-0.2, 0) is 4.79 Å². The molecule has 6 heteroatoms. The van der Waals surface area contributed by atoms with Crippen LogP contribution in [0.25, 0.3) is 16.8 Å². The molecule has 1 amide bonds. The number of hydrogen-bond acceptors (Lipinski definition) is 3. The molecule has 0 spiro atoms. The average molecular weight is 426 g/mol. The van der Waals surface area contributed by atoms with E-state index in [1.807, 2.05) is 54.6 Å². The molecular weight excluding hydrogens is 406 g/mol. The zero-order chi connectivity index (χ0) is 19.6. The van der Waals surface area contributed by atoms with Crippen molar-refractivity contribution in [3.05, 3.63) is 75.0 Å². The van der Waals surface area contributed by atoms with E-state index in [9.17, 15) is 9.59 Å². The number of aromatic nitrogens is 2. The molecule has 0 aliphatic carbocycles. The van der Waals surface area contributed by atoms with Crippen molar-refractivity contribution in [1.82, 2.24) is 9.78 Å². The fourth-order valence-electron chi connectivity index (χ4n) is 2.66. The molecule has 3 aromatic rings. The number of aryl methyl sites for hydroxylation is 1. The largest absolute Gasteiger partial charge is 0.310 e. The van der Waals surface area contributed by atoms with Gasteiger partial charge in [-0.05, 0) is 36.8 Å². The Morgan fingerprint density at radius 1 is 1.07 bits per heavy atom. The fourth-order valence-corrected chi connectivity index (χ4v) is 2.92. The number of nitrogens with zero attached hydrogens (tertiary/aromatic N) is 2. The lowest BCUT2D eigenvalue weighted by Crippen LogP contribution is -2.26. The van der Waals surface area contributed by atoms with E-state index in [4.69, 9.17) is 0 Å². The van der Waals surface area contributed by atoms with Crippen molar-refractivity contribution in [2.24, 2.45) is 5.92 Å². The average Bonchev–Trinajstić information content (AvgIpc) is 2.66. The molecule has 1 heterocycles. The van der Waals surface area contributed by atoms with Crippen molar-refractivity contribution in [1.29, 1.82) is 0 Å². The molecule has 0 unspecified atom stereocenters. The zero-order valence-electron chi connectivity index (χ0n) is 15.4. The van der Waals surface area contributed by atoms with Crippen LogP contribution >= 0.6 is 15.9 Å². The number of benzene rings is 2. The molecule has 0 bridgehead atoms. The molecule has 5 nitrogen and oxygen atoms in total. The van der Waals surface area contributed by atoms with E-state index in [1.165, 1.54) is 0 Å². The van der Waals surface area contributed by atoms with Crippen LogP contribution in [0.1, 0.15) is 19.5 Å². The van der Waals surface area contributed by atoms with Crippen molar-refractivity contribution in [3.63, 3.8) is 0 Å². The predicted octanol–water partition coefficient (Wildman–Crippen LogP) is 4.56. The summed E-state index contributed by atoms with van der Waals surface area (Å²) >= 11 is 3.42. The van der Waals surface area contributed by atoms with Crippen molar-refractivity contribution in [3.8, 4) is 16.8 Å². The Morgan fingerprint density at radius 3 is 2.30 bits per heavy atom. The first-order valence-corrected chi connectivity index (χ1v) is 9.44. The van der Waals surface area contributed by atoms with Gasteiger partial charge in [0.2, 0.25) is 11.3 Å². The fraction of sp³-hybridized carbons (Fsp3) is 0.190. The van der Waals surface area contributed by atoms with Gasteiger partial charge in [-0.2, -0.15) is 5.10 Å². The highest BCUT2D eigenvalue weighted by molar-refractivity contribution is 9.10. The maximum atomic E-state index is 12.9. The molecule has 2 aromatic carbocycles. The molecule has 138 valence electrons. The van der Waals surface area contributed by atoms with Gasteiger partial charge in [-0.25, -0.2) is 4.68 Å². The van der Waals surface area contributed by atoms with Crippen LogP contribution < -0.4 is 10.7 Å². The number of hydrogen-bond donors (Lipinski definition) is 1. The standard InChI is InChI=1S/C21H20BrN3O2/c1-13(2)21(27)23-20-18(15-7-5-4-6-8-15)19(26)14(3)24-25(20)17-11-9-16(22)10-12-17/h4-13H,1-3H3,(H,23,27). The van der Waals surface area contributed by atoms with Gasteiger partial charge in [0.1, 0.15) is 11.5 Å². The first-order chi connectivity index (χ1) is 12.9. The molecule has 0 saturated carbocycles. The monoisotopic (exact) mass is 425 g/mol. The minimum absolute atomic E-state index is 0.178. The number of carbonyl (C=O) groups is 1. The summed E-state index contributed by atoms with van der Waals surface area (Å²) in [5, 5.41) is 7.35. The molecule has 0 saturated heterocycles. The second-order valence-electron chi connectivity index (χ2n) is 6.54. The Bertz CT molecular complexity index is 1030. The van der Waals surface area contributed by atoms with Crippen molar-refractivity contribution < 1.29 is 4.79 Å². The predicted molar refractivity (Wildman–Crippen MR) is 111 cm³/mol. The van der Waals surface area contributed by atoms with Crippen molar-refractivity contribution in [2.75, 3.05) is 5.32 Å². The third-order valence-corrected chi connectivity index (χ3v) is 4.68. The molecule has 1 N–H and O–H groups in total. The summed E-state index contributed by atoms with van der Waals surface area (Å²) in [7, 11) is 0. The van der Waals surface area contributed by atoms with E-state index in [0.29, 0.717) is 17.1 Å². The Balaban J connectivity index is 2.32. The summed E-state index contributed by atoms with van der Waals surface area (Å²) in [4.78, 5) is 25.4. The number of nitrogens with one attached hydrogen (secondary N) is 1. The quantitative estimate of drug-likeness (QED) is 0.665. The molecule has 1 aromatic heterocycles. The number of amides is 1. The second kappa shape index (κ2) is 7.88. The lowest BCUT2D eigenvalue weighted by atomic mass is 10.0. The van der Waals surface area contributed by atoms with Gasteiger partial charge in [-0.15, -0.1) is 0 Å². The van der Waals surface area contributed by atoms with Gasteiger partial charge in [0, 0.05) is 10.4 Å². The Labute approximate surface area is 166 Å². The lowest BCUT2D eigenvalue weighted by molar-refractivity contribution is -0.118. The van der Waals surface area contributed by atoms with E-state index in [2.05, 4.69) is 26.3 Å². The van der Waals surface area contributed by atoms with E-state index in [-0.39, 0.29) is 17.3 Å². The van der Waals surface area contributed by atoms with E-state index in [0.717, 1.165) is 15.7 Å². The first-order valence-electron chi connectivity index (χ1n) is 8.64. The topological polar surface area (TPSA) is 64.0 Å². The molecular formula is C21H20BrN3O2. The number of carbonyl (C=O) groups excluding carboxylic acids is 1. The minimum Gasteiger partial charge on any atom is -0.310 e. The zero-order valence-corrected chi connectivity index (χ0v) is 16.9. The van der Waals surface area contributed by atoms with Gasteiger partial charge in [0.15, 0.2) is 0 Å². The van der Waals surface area contributed by atoms with Crippen LogP contribution in [0.3, 0.4) is 0 Å². The van der Waals surface area contributed by atoms with Crippen molar-refractivity contribution >= 4 is 27.7 Å². The second-order valence-corrected chi connectivity index (χ2v) is 7.45. The van der Waals surface area contributed by atoms with Gasteiger partial charge >= 0.3 is 0 Å². The summed E-state index contributed by atoms with van der Waals surface area (Å²) in [6.45, 7) is 5.29. The summed E-state index contributed by atoms with van der Waals surface area (Å²) < 4.78 is 2.55. The van der Waals surface area contributed by atoms with E-state index >= 15 is 0 Å².